The maximum atomic E-state index is 10.3. The molecule has 0 bridgehead atoms. The summed E-state index contributed by atoms with van der Waals surface area (Å²) >= 11 is 9.18. The molecule has 3 rings (SSSR count). The maximum absolute atomic E-state index is 10.3. The molecule has 8 nitrogen and oxygen atoms in total. The molecule has 34 heavy (non-hydrogen) atoms. The van der Waals surface area contributed by atoms with Crippen molar-refractivity contribution in [2.75, 3.05) is 32.2 Å². The quantitative estimate of drug-likeness (QED) is 0.254. The zero-order chi connectivity index (χ0) is 24.7. The lowest BCUT2D eigenvalue weighted by atomic mass is 9.78. The topological polar surface area (TPSA) is 106 Å². The SMILES string of the molecule is CC(C)(c1ccc(OCC(O)CN2NNC=C2CO)cc1)c1ccc(OCC(O)CCl)c(Br)c1. The van der Waals surface area contributed by atoms with Crippen LogP contribution < -0.4 is 20.4 Å². The number of β-amino-alcohol motifs (C(OH)–C–C–N with tert-alkyl or cyclic N) is 1. The lowest BCUT2D eigenvalue weighted by molar-refractivity contribution is 0.0600. The van der Waals surface area contributed by atoms with Gasteiger partial charge in [0.15, 0.2) is 0 Å². The first-order chi connectivity index (χ1) is 16.2. The van der Waals surface area contributed by atoms with Crippen molar-refractivity contribution >= 4 is 27.5 Å². The molecule has 10 heteroatoms. The van der Waals surface area contributed by atoms with Crippen molar-refractivity contribution in [3.05, 3.63) is 70.0 Å². The van der Waals surface area contributed by atoms with Crippen molar-refractivity contribution in [2.24, 2.45) is 0 Å². The summed E-state index contributed by atoms with van der Waals surface area (Å²) < 4.78 is 12.2. The van der Waals surface area contributed by atoms with Gasteiger partial charge in [-0.3, -0.25) is 5.01 Å². The van der Waals surface area contributed by atoms with Crippen LogP contribution in [0.15, 0.2) is 58.8 Å². The Morgan fingerprint density at radius 1 is 1.03 bits per heavy atom. The lowest BCUT2D eigenvalue weighted by Gasteiger charge is -2.27. The van der Waals surface area contributed by atoms with E-state index in [1.807, 2.05) is 42.5 Å². The van der Waals surface area contributed by atoms with Gasteiger partial charge in [0.2, 0.25) is 0 Å². The Hall–Kier alpha value is -2.01. The Kier molecular flexibility index (Phi) is 9.47. The minimum atomic E-state index is -0.748. The van der Waals surface area contributed by atoms with Crippen LogP contribution in [0.25, 0.3) is 0 Å². The molecular weight excluding hydrogens is 526 g/mol. The molecule has 2 unspecified atom stereocenters. The number of aliphatic hydroxyl groups is 3. The molecule has 0 aliphatic carbocycles. The molecule has 0 spiro atoms. The van der Waals surface area contributed by atoms with Crippen molar-refractivity contribution in [2.45, 2.75) is 31.5 Å². The highest BCUT2D eigenvalue weighted by atomic mass is 79.9. The lowest BCUT2D eigenvalue weighted by Crippen LogP contribution is -2.44. The Morgan fingerprint density at radius 3 is 2.35 bits per heavy atom. The fourth-order valence-corrected chi connectivity index (χ4v) is 4.05. The second-order valence-electron chi connectivity index (χ2n) is 8.54. The molecule has 5 N–H and O–H groups in total. The van der Waals surface area contributed by atoms with Crippen LogP contribution in [0, 0.1) is 0 Å². The normalized spacial score (nSPS) is 15.5. The number of hydrazine groups is 2. The second-order valence-corrected chi connectivity index (χ2v) is 9.70. The standard InChI is InChI=1S/C24H31BrClN3O5/c1-24(2,17-5-8-23(22(25)9-17)34-14-19(31)10-26)16-3-6-21(7-4-16)33-15-20(32)12-29-18(13-30)11-27-28-29/h3-9,11,19-20,27-28,30-32H,10,12-15H2,1-2H3. The van der Waals surface area contributed by atoms with Crippen LogP contribution in [0.5, 0.6) is 11.5 Å². The minimum absolute atomic E-state index is 0.118. The number of halogens is 2. The van der Waals surface area contributed by atoms with Crippen LogP contribution in [0.2, 0.25) is 0 Å². The maximum Gasteiger partial charge on any atom is 0.133 e. The van der Waals surface area contributed by atoms with Gasteiger partial charge in [-0.15, -0.1) is 17.1 Å². The number of aliphatic hydroxyl groups excluding tert-OH is 3. The molecule has 0 fully saturated rings. The van der Waals surface area contributed by atoms with Crippen molar-refractivity contribution in [1.82, 2.24) is 16.0 Å². The van der Waals surface area contributed by atoms with Gasteiger partial charge in [0.05, 0.1) is 29.2 Å². The molecule has 2 aromatic carbocycles. The summed E-state index contributed by atoms with van der Waals surface area (Å²) in [6, 6.07) is 13.7. The van der Waals surface area contributed by atoms with Gasteiger partial charge in [-0.25, -0.2) is 0 Å². The van der Waals surface area contributed by atoms with E-state index < -0.39 is 12.2 Å². The highest BCUT2D eigenvalue weighted by Gasteiger charge is 2.24. The van der Waals surface area contributed by atoms with Gasteiger partial charge >= 0.3 is 0 Å². The Bertz CT molecular complexity index is 974. The Balaban J connectivity index is 1.58. The number of hydrogen-bond donors (Lipinski definition) is 5. The van der Waals surface area contributed by atoms with E-state index in [0.717, 1.165) is 15.6 Å². The van der Waals surface area contributed by atoms with Gasteiger partial charge in [-0.05, 0) is 51.3 Å². The zero-order valence-electron chi connectivity index (χ0n) is 19.2. The van der Waals surface area contributed by atoms with Crippen molar-refractivity contribution in [1.29, 1.82) is 0 Å². The summed E-state index contributed by atoms with van der Waals surface area (Å²) in [6.07, 6.45) is 0.177. The summed E-state index contributed by atoms with van der Waals surface area (Å²) in [4.78, 5) is 0. The average molecular weight is 557 g/mol. The Labute approximate surface area is 213 Å². The fraction of sp³-hybridized carbons (Fsp3) is 0.417. The molecule has 186 valence electrons. The van der Waals surface area contributed by atoms with Gasteiger partial charge < -0.3 is 30.2 Å². The molecule has 0 radical (unpaired) electrons. The zero-order valence-corrected chi connectivity index (χ0v) is 21.5. The first kappa shape index (κ1) is 26.6. The fourth-order valence-electron chi connectivity index (χ4n) is 3.46. The van der Waals surface area contributed by atoms with Crippen LogP contribution in [-0.4, -0.2) is 64.8 Å². The van der Waals surface area contributed by atoms with Gasteiger partial charge in [0.1, 0.15) is 36.9 Å². The molecule has 2 atom stereocenters. The van der Waals surface area contributed by atoms with E-state index in [1.165, 1.54) is 0 Å². The van der Waals surface area contributed by atoms with Crippen molar-refractivity contribution in [3.8, 4) is 11.5 Å². The molecular formula is C24H31BrClN3O5. The largest absolute Gasteiger partial charge is 0.491 e. The second kappa shape index (κ2) is 12.1. The average Bonchev–Trinajstić information content (AvgIpc) is 3.28. The Morgan fingerprint density at radius 2 is 1.71 bits per heavy atom. The molecule has 0 amide bonds. The van der Waals surface area contributed by atoms with Crippen LogP contribution in [0.4, 0.5) is 0 Å². The van der Waals surface area contributed by atoms with E-state index >= 15 is 0 Å². The van der Waals surface area contributed by atoms with Gasteiger partial charge in [-0.2, -0.15) is 0 Å². The monoisotopic (exact) mass is 555 g/mol. The van der Waals surface area contributed by atoms with E-state index in [1.54, 1.807) is 11.2 Å². The van der Waals surface area contributed by atoms with Crippen molar-refractivity contribution in [3.63, 3.8) is 0 Å². The van der Waals surface area contributed by atoms with E-state index in [-0.39, 0.29) is 37.7 Å². The third-order valence-electron chi connectivity index (χ3n) is 5.62. The first-order valence-electron chi connectivity index (χ1n) is 10.9. The molecule has 0 saturated carbocycles. The number of rotatable bonds is 12. The van der Waals surface area contributed by atoms with Crippen LogP contribution in [0.1, 0.15) is 25.0 Å². The predicted molar refractivity (Wildman–Crippen MR) is 135 cm³/mol. The molecule has 2 aromatic rings. The number of hydrogen-bond acceptors (Lipinski definition) is 8. The molecule has 1 heterocycles. The summed E-state index contributed by atoms with van der Waals surface area (Å²) in [5, 5.41) is 30.8. The van der Waals surface area contributed by atoms with Crippen molar-refractivity contribution < 1.29 is 24.8 Å². The third-order valence-corrected chi connectivity index (χ3v) is 6.60. The van der Waals surface area contributed by atoms with Crippen LogP contribution in [0.3, 0.4) is 0 Å². The first-order valence-corrected chi connectivity index (χ1v) is 12.2. The number of ether oxygens (including phenoxy) is 2. The molecule has 1 aliphatic heterocycles. The summed E-state index contributed by atoms with van der Waals surface area (Å²) in [5.41, 5.74) is 8.17. The van der Waals surface area contributed by atoms with Gasteiger partial charge in [0, 0.05) is 11.6 Å². The third kappa shape index (κ3) is 6.78. The van der Waals surface area contributed by atoms with Gasteiger partial charge in [0.25, 0.3) is 0 Å². The number of nitrogens with zero attached hydrogens (tertiary/aromatic N) is 1. The highest BCUT2D eigenvalue weighted by molar-refractivity contribution is 9.10. The summed E-state index contributed by atoms with van der Waals surface area (Å²) in [7, 11) is 0. The van der Waals surface area contributed by atoms with Crippen LogP contribution in [-0.2, 0) is 5.41 Å². The molecule has 0 saturated heterocycles. The predicted octanol–water partition coefficient (Wildman–Crippen LogP) is 2.65. The molecule has 1 aliphatic rings. The number of benzene rings is 2. The smallest absolute Gasteiger partial charge is 0.133 e. The summed E-state index contributed by atoms with van der Waals surface area (Å²) in [5.74, 6) is 1.43. The molecule has 0 aromatic heterocycles. The van der Waals surface area contributed by atoms with E-state index in [4.69, 9.17) is 21.1 Å². The highest BCUT2D eigenvalue weighted by Crippen LogP contribution is 2.36. The van der Waals surface area contributed by atoms with E-state index in [2.05, 4.69) is 40.7 Å². The number of nitrogens with one attached hydrogen (secondary N) is 2. The van der Waals surface area contributed by atoms with E-state index in [0.29, 0.717) is 17.2 Å². The van der Waals surface area contributed by atoms with E-state index in [9.17, 15) is 15.3 Å². The summed E-state index contributed by atoms with van der Waals surface area (Å²) in [6.45, 7) is 4.65. The van der Waals surface area contributed by atoms with Gasteiger partial charge in [-0.1, -0.05) is 32.0 Å². The van der Waals surface area contributed by atoms with Crippen LogP contribution >= 0.6 is 27.5 Å². The minimum Gasteiger partial charge on any atom is -0.491 e. The number of alkyl halides is 1.